The number of ether oxygens (including phenoxy) is 1. The summed E-state index contributed by atoms with van der Waals surface area (Å²) in [6, 6.07) is -0.959. The molecule has 46 heavy (non-hydrogen) atoms. The van der Waals surface area contributed by atoms with Gasteiger partial charge in [-0.2, -0.15) is 0 Å². The van der Waals surface area contributed by atoms with Crippen molar-refractivity contribution in [2.75, 3.05) is 63.7 Å². The second-order valence-electron chi connectivity index (χ2n) is 10.2. The van der Waals surface area contributed by atoms with Crippen LogP contribution in [-0.4, -0.2) is 144 Å². The maximum absolute atomic E-state index is 13.2. The van der Waals surface area contributed by atoms with Crippen molar-refractivity contribution in [3.8, 4) is 0 Å². The lowest BCUT2D eigenvalue weighted by Gasteiger charge is -2.49. The van der Waals surface area contributed by atoms with Gasteiger partial charge in [0, 0.05) is 56.2 Å². The van der Waals surface area contributed by atoms with Crippen LogP contribution in [0.3, 0.4) is 0 Å². The zero-order chi connectivity index (χ0) is 32.8. The van der Waals surface area contributed by atoms with Crippen molar-refractivity contribution < 1.29 is 33.9 Å². The van der Waals surface area contributed by atoms with Gasteiger partial charge in [0.1, 0.15) is 29.9 Å². The van der Waals surface area contributed by atoms with Crippen LogP contribution in [0.25, 0.3) is 0 Å². The summed E-state index contributed by atoms with van der Waals surface area (Å²) in [6.45, 7) is 6.24. The first-order valence-corrected chi connectivity index (χ1v) is 17.2. The van der Waals surface area contributed by atoms with Crippen LogP contribution in [0, 0.1) is 0 Å². The molecule has 5 rings (SSSR count). The molecule has 3 aliphatic heterocycles. The summed E-state index contributed by atoms with van der Waals surface area (Å²) in [5, 5.41) is 30.1. The van der Waals surface area contributed by atoms with E-state index in [1.54, 1.807) is 21.9 Å². The van der Waals surface area contributed by atoms with Crippen molar-refractivity contribution in [3.63, 3.8) is 0 Å². The number of nitrogen functional groups attached to an aromatic ring is 1. The highest BCUT2D eigenvalue weighted by Gasteiger charge is 2.54. The molecule has 1 unspecified atom stereocenters. The van der Waals surface area contributed by atoms with E-state index >= 15 is 0 Å². The molecule has 2 aromatic heterocycles. The monoisotopic (exact) mass is 695 g/mol. The minimum Gasteiger partial charge on any atom is -0.477 e. The van der Waals surface area contributed by atoms with Crippen LogP contribution in [-0.2, 0) is 30.5 Å². The summed E-state index contributed by atoms with van der Waals surface area (Å²) in [7, 11) is 1.27. The van der Waals surface area contributed by atoms with Crippen LogP contribution in [0.1, 0.15) is 19.0 Å². The lowest BCUT2D eigenvalue weighted by atomic mass is 10.0. The van der Waals surface area contributed by atoms with E-state index in [0.29, 0.717) is 42.7 Å². The Morgan fingerprint density at radius 2 is 2.02 bits per heavy atom. The van der Waals surface area contributed by atoms with Crippen LogP contribution in [0.4, 0.5) is 9.93 Å². The van der Waals surface area contributed by atoms with Crippen LogP contribution in [0.5, 0.6) is 0 Å². The van der Waals surface area contributed by atoms with Gasteiger partial charge in [-0.1, -0.05) is 16.9 Å². The maximum Gasteiger partial charge on any atom is 0.409 e. The third-order valence-corrected chi connectivity index (χ3v) is 10.4. The van der Waals surface area contributed by atoms with Gasteiger partial charge >= 0.3 is 12.1 Å². The number of carboxylic acid groups (broad SMARTS) is 1. The number of nitrogens with one attached hydrogen (secondary N) is 1. The fraction of sp³-hybridized carbons (Fsp3) is 0.560. The van der Waals surface area contributed by atoms with Gasteiger partial charge in [-0.25, -0.2) is 19.3 Å². The van der Waals surface area contributed by atoms with Gasteiger partial charge in [0.15, 0.2) is 10.8 Å². The summed E-state index contributed by atoms with van der Waals surface area (Å²) in [4.78, 5) is 64.4. The maximum atomic E-state index is 13.2. The number of aromatic nitrogens is 5. The van der Waals surface area contributed by atoms with Gasteiger partial charge in [0.25, 0.3) is 11.8 Å². The number of anilines is 1. The van der Waals surface area contributed by atoms with Gasteiger partial charge in [-0.15, -0.1) is 28.2 Å². The molecule has 3 aliphatic rings. The first kappa shape index (κ1) is 33.4. The number of thioether (sulfide) groups is 2. The van der Waals surface area contributed by atoms with Crippen molar-refractivity contribution in [3.05, 3.63) is 22.3 Å². The van der Waals surface area contributed by atoms with Crippen molar-refractivity contribution in [1.82, 2.24) is 45.2 Å². The molecule has 5 heterocycles. The normalized spacial score (nSPS) is 20.3. The fourth-order valence-corrected chi connectivity index (χ4v) is 8.04. The quantitative estimate of drug-likeness (QED) is 0.106. The number of thiazole rings is 1. The molecule has 0 aliphatic carbocycles. The first-order valence-electron chi connectivity index (χ1n) is 14.3. The van der Waals surface area contributed by atoms with Crippen molar-refractivity contribution in [2.45, 2.75) is 36.5 Å². The number of oxime groups is 1. The molecule has 0 bridgehead atoms. The molecular weight excluding hydrogens is 663 g/mol. The number of piperazine rings is 1. The topological polar surface area (TPSA) is 224 Å². The number of nitrogens with zero attached hydrogens (tertiary/aromatic N) is 9. The molecule has 4 N–H and O–H groups in total. The average molecular weight is 696 g/mol. The molecule has 18 nitrogen and oxygen atoms in total. The van der Waals surface area contributed by atoms with Crippen LogP contribution < -0.4 is 11.1 Å². The number of aryl methyl sites for hydroxylation is 1. The number of carbonyl (C=O) groups excluding carboxylic acids is 3. The Kier molecular flexibility index (Phi) is 11.0. The van der Waals surface area contributed by atoms with E-state index in [0.717, 1.165) is 37.4 Å². The smallest absolute Gasteiger partial charge is 0.409 e. The average Bonchev–Trinajstić information content (AvgIpc) is 3.69. The molecule has 2 atom stereocenters. The Morgan fingerprint density at radius 3 is 2.70 bits per heavy atom. The fourth-order valence-electron chi connectivity index (χ4n) is 5.10. The molecule has 0 spiro atoms. The van der Waals surface area contributed by atoms with Crippen molar-refractivity contribution in [2.24, 2.45) is 5.16 Å². The van der Waals surface area contributed by atoms with Gasteiger partial charge in [-0.3, -0.25) is 19.4 Å². The number of rotatable bonds is 13. The van der Waals surface area contributed by atoms with E-state index < -0.39 is 29.2 Å². The molecule has 2 fully saturated rings. The minimum absolute atomic E-state index is 0.106. The highest BCUT2D eigenvalue weighted by molar-refractivity contribution is 8.01. The summed E-state index contributed by atoms with van der Waals surface area (Å²) in [5.74, 6) is -1.89. The SMILES string of the molecule is CCOC(=O)N1CCN(CCCn2nnnc2SCC2=C(C(=O)O)N3C(=O)C(NC(=O)C(=NOC)c4csc(N)n4)[C@@H]3SC2)CC1. The van der Waals surface area contributed by atoms with Gasteiger partial charge < -0.3 is 30.6 Å². The van der Waals surface area contributed by atoms with Crippen LogP contribution >= 0.6 is 34.9 Å². The van der Waals surface area contributed by atoms with Crippen molar-refractivity contribution in [1.29, 1.82) is 0 Å². The summed E-state index contributed by atoms with van der Waals surface area (Å²) < 4.78 is 6.75. The molecular formula is C25H33N11O7S3. The number of amides is 3. The predicted molar refractivity (Wildman–Crippen MR) is 168 cm³/mol. The Labute approximate surface area is 275 Å². The van der Waals surface area contributed by atoms with E-state index in [-0.39, 0.29) is 34.1 Å². The predicted octanol–water partition coefficient (Wildman–Crippen LogP) is -0.243. The summed E-state index contributed by atoms with van der Waals surface area (Å²) in [5.41, 5.74) is 6.16. The van der Waals surface area contributed by atoms with E-state index in [4.69, 9.17) is 15.3 Å². The number of carboxylic acids is 1. The van der Waals surface area contributed by atoms with Crippen LogP contribution in [0.2, 0.25) is 0 Å². The molecule has 2 saturated heterocycles. The lowest BCUT2D eigenvalue weighted by molar-refractivity contribution is -0.150. The number of aliphatic carboxylic acids is 1. The Morgan fingerprint density at radius 1 is 1.24 bits per heavy atom. The highest BCUT2D eigenvalue weighted by Crippen LogP contribution is 2.41. The third-order valence-electron chi connectivity index (χ3n) is 7.32. The second-order valence-corrected chi connectivity index (χ2v) is 13.1. The molecule has 2 aromatic rings. The first-order chi connectivity index (χ1) is 22.2. The molecule has 3 amide bonds. The zero-order valence-corrected chi connectivity index (χ0v) is 27.5. The number of carbonyl (C=O) groups is 4. The minimum atomic E-state index is -1.23. The van der Waals surface area contributed by atoms with E-state index in [2.05, 4.69) is 35.9 Å². The van der Waals surface area contributed by atoms with Gasteiger partial charge in [0.05, 0.1) is 6.61 Å². The number of tetrazole rings is 1. The number of nitrogens with two attached hydrogens (primary N) is 1. The number of fused-ring (bicyclic) bond motifs is 1. The van der Waals surface area contributed by atoms with Crippen molar-refractivity contribution >= 4 is 69.6 Å². The Balaban J connectivity index is 1.15. The second kappa shape index (κ2) is 15.1. The number of hydrogen-bond acceptors (Lipinski definition) is 16. The molecule has 21 heteroatoms. The lowest BCUT2D eigenvalue weighted by Crippen LogP contribution is -2.71. The molecule has 0 aromatic carbocycles. The van der Waals surface area contributed by atoms with E-state index in [9.17, 15) is 24.3 Å². The summed E-state index contributed by atoms with van der Waals surface area (Å²) >= 11 is 3.76. The standard InChI is InChI=1S/C25H33N11O7S3/c1-3-43-25(41)34-9-7-33(8-10-34)5-4-6-35-24(29-31-32-35)46-12-14-11-44-21-17(20(38)36(21)18(14)22(39)40)28-19(37)16(30-42-2)15-13-45-23(26)27-15/h13,17,21H,3-12H2,1-2H3,(H2,26,27)(H,28,37)(H,39,40)/t17?,21-/m0/s1. The van der Waals surface area contributed by atoms with Crippen LogP contribution in [0.15, 0.2) is 27.0 Å². The summed E-state index contributed by atoms with van der Waals surface area (Å²) in [6.07, 6.45) is 0.497. The largest absolute Gasteiger partial charge is 0.477 e. The molecule has 0 radical (unpaired) electrons. The van der Waals surface area contributed by atoms with E-state index in [1.807, 2.05) is 0 Å². The zero-order valence-electron chi connectivity index (χ0n) is 25.0. The Bertz CT molecular complexity index is 1520. The number of β-lactam (4-membered cyclic amide) rings is 1. The highest BCUT2D eigenvalue weighted by atomic mass is 32.2. The van der Waals surface area contributed by atoms with E-state index in [1.165, 1.54) is 35.5 Å². The number of hydrogen-bond donors (Lipinski definition) is 3. The van der Waals surface area contributed by atoms with Gasteiger partial charge in [0.2, 0.25) is 5.16 Å². The molecule has 248 valence electrons. The molecule has 0 saturated carbocycles. The third kappa shape index (κ3) is 7.37. The van der Waals surface area contributed by atoms with Gasteiger partial charge in [-0.05, 0) is 29.3 Å². The Hall–Kier alpha value is -3.95.